The smallest absolute Gasteiger partial charge is 0.315 e. The average Bonchev–Trinajstić information content (AvgIpc) is 3.18. The predicted octanol–water partition coefficient (Wildman–Crippen LogP) is 5.35. The van der Waals surface area contributed by atoms with Crippen LogP contribution in [0.5, 0.6) is 11.5 Å². The summed E-state index contributed by atoms with van der Waals surface area (Å²) in [6.07, 6.45) is 0.774. The van der Waals surface area contributed by atoms with E-state index in [1.54, 1.807) is 7.11 Å². The first-order valence-electron chi connectivity index (χ1n) is 9.91. The van der Waals surface area contributed by atoms with E-state index in [1.807, 2.05) is 69.3 Å². The fourth-order valence-electron chi connectivity index (χ4n) is 3.26. The summed E-state index contributed by atoms with van der Waals surface area (Å²) in [5.41, 5.74) is 1.73. The van der Waals surface area contributed by atoms with Crippen molar-refractivity contribution < 1.29 is 18.7 Å². The third-order valence-electron chi connectivity index (χ3n) is 4.83. The number of nitrogens with one attached hydrogen (secondary N) is 2. The molecule has 29 heavy (non-hydrogen) atoms. The van der Waals surface area contributed by atoms with Crippen molar-refractivity contribution in [2.75, 3.05) is 13.7 Å². The van der Waals surface area contributed by atoms with Crippen molar-refractivity contribution in [3.05, 3.63) is 59.9 Å². The van der Waals surface area contributed by atoms with E-state index >= 15 is 0 Å². The van der Waals surface area contributed by atoms with Crippen molar-refractivity contribution >= 4 is 17.0 Å². The van der Waals surface area contributed by atoms with E-state index in [0.29, 0.717) is 23.7 Å². The maximum atomic E-state index is 12.6. The molecule has 2 aromatic carbocycles. The molecule has 0 fully saturated rings. The van der Waals surface area contributed by atoms with Gasteiger partial charge in [-0.1, -0.05) is 31.2 Å². The highest BCUT2D eigenvalue weighted by molar-refractivity contribution is 5.84. The molecule has 3 aromatic rings. The maximum absolute atomic E-state index is 12.6. The van der Waals surface area contributed by atoms with Crippen LogP contribution in [-0.4, -0.2) is 19.7 Å². The molecule has 0 aliphatic carbocycles. The van der Waals surface area contributed by atoms with Gasteiger partial charge in [0.15, 0.2) is 11.3 Å². The summed E-state index contributed by atoms with van der Waals surface area (Å²) in [5.74, 6) is 2.18. The fourth-order valence-corrected chi connectivity index (χ4v) is 3.26. The largest absolute Gasteiger partial charge is 0.497 e. The number of urea groups is 1. The number of furan rings is 1. The Morgan fingerprint density at radius 3 is 2.52 bits per heavy atom. The number of carbonyl (C=O) groups excluding carboxylic acids is 1. The molecular weight excluding hydrogens is 368 g/mol. The van der Waals surface area contributed by atoms with Crippen molar-refractivity contribution in [3.63, 3.8) is 0 Å². The molecule has 3 rings (SSSR count). The Morgan fingerprint density at radius 2 is 1.86 bits per heavy atom. The summed E-state index contributed by atoms with van der Waals surface area (Å²) in [7, 11) is 1.63. The first kappa shape index (κ1) is 20.6. The normalized spacial score (nSPS) is 13.0. The number of para-hydroxylation sites is 1. The van der Waals surface area contributed by atoms with Gasteiger partial charge in [-0.2, -0.15) is 0 Å². The lowest BCUT2D eigenvalue weighted by molar-refractivity contribution is 0.232. The summed E-state index contributed by atoms with van der Waals surface area (Å²) in [6.45, 7) is 6.43. The molecule has 1 heterocycles. The highest BCUT2D eigenvalue weighted by Crippen LogP contribution is 2.31. The van der Waals surface area contributed by atoms with Gasteiger partial charge in [0.2, 0.25) is 0 Å². The molecule has 0 bridgehead atoms. The second-order valence-electron chi connectivity index (χ2n) is 6.83. The van der Waals surface area contributed by atoms with Gasteiger partial charge in [-0.15, -0.1) is 0 Å². The first-order chi connectivity index (χ1) is 14.0. The van der Waals surface area contributed by atoms with Gasteiger partial charge in [-0.25, -0.2) is 4.79 Å². The molecule has 0 radical (unpaired) electrons. The zero-order valence-electron chi connectivity index (χ0n) is 17.3. The van der Waals surface area contributed by atoms with E-state index in [-0.39, 0.29) is 18.1 Å². The van der Waals surface area contributed by atoms with E-state index in [2.05, 4.69) is 10.6 Å². The van der Waals surface area contributed by atoms with Crippen molar-refractivity contribution in [3.8, 4) is 11.5 Å². The predicted molar refractivity (Wildman–Crippen MR) is 113 cm³/mol. The number of hydrogen-bond acceptors (Lipinski definition) is 4. The van der Waals surface area contributed by atoms with Gasteiger partial charge in [0.1, 0.15) is 11.5 Å². The van der Waals surface area contributed by atoms with Crippen LogP contribution in [0.25, 0.3) is 11.0 Å². The standard InChI is InChI=1S/C23H28N2O4/c1-5-19(16-10-12-18(27-4)13-11-16)25-23(26)24-15(3)21-14-17-8-7-9-20(28-6-2)22(17)29-21/h7-15,19H,5-6H2,1-4H3,(H2,24,25,26). The number of ether oxygens (including phenoxy) is 2. The van der Waals surface area contributed by atoms with Crippen LogP contribution in [0.3, 0.4) is 0 Å². The van der Waals surface area contributed by atoms with E-state index in [4.69, 9.17) is 13.9 Å². The molecule has 0 aliphatic heterocycles. The number of carbonyl (C=O) groups is 1. The molecule has 0 saturated heterocycles. The highest BCUT2D eigenvalue weighted by Gasteiger charge is 2.18. The third kappa shape index (κ3) is 4.83. The van der Waals surface area contributed by atoms with E-state index in [0.717, 1.165) is 23.1 Å². The van der Waals surface area contributed by atoms with E-state index in [1.165, 1.54) is 0 Å². The molecule has 6 heteroatoms. The molecule has 6 nitrogen and oxygen atoms in total. The lowest BCUT2D eigenvalue weighted by Crippen LogP contribution is -2.39. The topological polar surface area (TPSA) is 72.7 Å². The van der Waals surface area contributed by atoms with Gasteiger partial charge in [-0.3, -0.25) is 0 Å². The van der Waals surface area contributed by atoms with Crippen molar-refractivity contribution in [1.82, 2.24) is 10.6 Å². The second kappa shape index (κ2) is 9.37. The molecule has 2 N–H and O–H groups in total. The van der Waals surface area contributed by atoms with Crippen molar-refractivity contribution in [2.24, 2.45) is 0 Å². The van der Waals surface area contributed by atoms with Crippen LogP contribution in [0.4, 0.5) is 4.79 Å². The zero-order valence-corrected chi connectivity index (χ0v) is 17.3. The van der Waals surface area contributed by atoms with Crippen LogP contribution in [0.15, 0.2) is 52.9 Å². The van der Waals surface area contributed by atoms with E-state index in [9.17, 15) is 4.79 Å². The van der Waals surface area contributed by atoms with Gasteiger partial charge in [0, 0.05) is 5.39 Å². The van der Waals surface area contributed by atoms with Gasteiger partial charge in [0.05, 0.1) is 25.8 Å². The second-order valence-corrected chi connectivity index (χ2v) is 6.83. The number of benzene rings is 2. The first-order valence-corrected chi connectivity index (χ1v) is 9.91. The van der Waals surface area contributed by atoms with Crippen LogP contribution in [0, 0.1) is 0 Å². The van der Waals surface area contributed by atoms with Crippen LogP contribution in [0.2, 0.25) is 0 Å². The Balaban J connectivity index is 1.67. The van der Waals surface area contributed by atoms with Crippen molar-refractivity contribution in [1.29, 1.82) is 0 Å². The Labute approximate surface area is 171 Å². The Kier molecular flexibility index (Phi) is 6.65. The third-order valence-corrected chi connectivity index (χ3v) is 4.83. The molecule has 0 saturated carbocycles. The molecule has 0 aliphatic rings. The van der Waals surface area contributed by atoms with Crippen LogP contribution in [0.1, 0.15) is 50.6 Å². The SMILES string of the molecule is CCOc1cccc2cc(C(C)NC(=O)NC(CC)c3ccc(OC)cc3)oc12. The maximum Gasteiger partial charge on any atom is 0.315 e. The molecule has 2 atom stereocenters. The Hall–Kier alpha value is -3.15. The van der Waals surface area contributed by atoms with Crippen LogP contribution < -0.4 is 20.1 Å². The highest BCUT2D eigenvalue weighted by atomic mass is 16.5. The average molecular weight is 396 g/mol. The summed E-state index contributed by atoms with van der Waals surface area (Å²) in [4.78, 5) is 12.6. The summed E-state index contributed by atoms with van der Waals surface area (Å²) < 4.78 is 16.8. The fraction of sp³-hybridized carbons (Fsp3) is 0.348. The van der Waals surface area contributed by atoms with Crippen LogP contribution >= 0.6 is 0 Å². The number of rotatable bonds is 8. The molecule has 0 spiro atoms. The van der Waals surface area contributed by atoms with Gasteiger partial charge < -0.3 is 24.5 Å². The lowest BCUT2D eigenvalue weighted by Gasteiger charge is -2.20. The van der Waals surface area contributed by atoms with Gasteiger partial charge in [0.25, 0.3) is 0 Å². The zero-order chi connectivity index (χ0) is 20.8. The molecule has 1 aromatic heterocycles. The minimum absolute atomic E-state index is 0.0895. The lowest BCUT2D eigenvalue weighted by atomic mass is 10.0. The summed E-state index contributed by atoms with van der Waals surface area (Å²) in [5, 5.41) is 6.93. The summed E-state index contributed by atoms with van der Waals surface area (Å²) >= 11 is 0. The number of amides is 2. The molecule has 154 valence electrons. The monoisotopic (exact) mass is 396 g/mol. The summed E-state index contributed by atoms with van der Waals surface area (Å²) in [6, 6.07) is 14.8. The minimum Gasteiger partial charge on any atom is -0.497 e. The van der Waals surface area contributed by atoms with Gasteiger partial charge >= 0.3 is 6.03 Å². The van der Waals surface area contributed by atoms with Crippen LogP contribution in [-0.2, 0) is 0 Å². The van der Waals surface area contributed by atoms with Gasteiger partial charge in [-0.05, 0) is 50.1 Å². The van der Waals surface area contributed by atoms with Crippen molar-refractivity contribution in [2.45, 2.75) is 39.3 Å². The number of hydrogen-bond donors (Lipinski definition) is 2. The molecular formula is C23H28N2O4. The Morgan fingerprint density at radius 1 is 1.10 bits per heavy atom. The number of fused-ring (bicyclic) bond motifs is 1. The quantitative estimate of drug-likeness (QED) is 0.538. The Bertz CT molecular complexity index is 949. The minimum atomic E-state index is -0.287. The van der Waals surface area contributed by atoms with E-state index < -0.39 is 0 Å². The molecule has 2 unspecified atom stereocenters. The molecule has 2 amide bonds. The number of methoxy groups -OCH3 is 1.